The summed E-state index contributed by atoms with van der Waals surface area (Å²) >= 11 is 3.54. The minimum atomic E-state index is 0.689. The number of rotatable bonds is 2. The zero-order chi connectivity index (χ0) is 9.97. The average molecular weight is 229 g/mol. The molecule has 0 aromatic carbocycles. The predicted octanol–water partition coefficient (Wildman–Crippen LogP) is 1.88. The van der Waals surface area contributed by atoms with Gasteiger partial charge >= 0.3 is 0 Å². The summed E-state index contributed by atoms with van der Waals surface area (Å²) in [6.45, 7) is 4.31. The van der Waals surface area contributed by atoms with E-state index in [0.29, 0.717) is 10.4 Å². The summed E-state index contributed by atoms with van der Waals surface area (Å²) in [7, 11) is 0. The Kier molecular flexibility index (Phi) is 3.30. The van der Waals surface area contributed by atoms with Gasteiger partial charge in [-0.1, -0.05) is 11.3 Å². The van der Waals surface area contributed by atoms with Gasteiger partial charge in [0.05, 0.1) is 9.90 Å². The Morgan fingerprint density at radius 2 is 2.50 bits per heavy atom. The van der Waals surface area contributed by atoms with E-state index >= 15 is 0 Å². The third-order valence-corrected chi connectivity index (χ3v) is 4.86. The van der Waals surface area contributed by atoms with E-state index in [9.17, 15) is 0 Å². The number of nitrogens with one attached hydrogen (secondary N) is 1. The van der Waals surface area contributed by atoms with Gasteiger partial charge in [-0.3, -0.25) is 0 Å². The van der Waals surface area contributed by atoms with Crippen molar-refractivity contribution in [3.05, 3.63) is 5.69 Å². The molecule has 1 fully saturated rings. The number of nitrogens with zero attached hydrogens (tertiary/aromatic N) is 1. The molecule has 0 bridgehead atoms. The smallest absolute Gasteiger partial charge is 0.181 e. The molecule has 3 nitrogen and oxygen atoms in total. The summed E-state index contributed by atoms with van der Waals surface area (Å²) in [5.74, 6) is 0. The first kappa shape index (κ1) is 10.3. The van der Waals surface area contributed by atoms with Crippen LogP contribution < -0.4 is 11.1 Å². The number of anilines is 1. The Morgan fingerprint density at radius 3 is 3.07 bits per heavy atom. The van der Waals surface area contributed by atoms with E-state index in [-0.39, 0.29) is 0 Å². The second-order valence-corrected chi connectivity index (χ2v) is 6.11. The van der Waals surface area contributed by atoms with Crippen molar-refractivity contribution in [3.8, 4) is 0 Å². The maximum atomic E-state index is 5.66. The highest BCUT2D eigenvalue weighted by atomic mass is 32.2. The fourth-order valence-corrected chi connectivity index (χ4v) is 4.01. The highest BCUT2D eigenvalue weighted by Gasteiger charge is 2.16. The van der Waals surface area contributed by atoms with Crippen LogP contribution in [0.1, 0.15) is 18.5 Å². The summed E-state index contributed by atoms with van der Waals surface area (Å²) in [6.07, 6.45) is 2.58. The Hall–Kier alpha value is -0.260. The molecule has 0 saturated carbocycles. The van der Waals surface area contributed by atoms with Crippen molar-refractivity contribution in [2.75, 3.05) is 18.8 Å². The van der Waals surface area contributed by atoms with E-state index in [1.165, 1.54) is 23.6 Å². The van der Waals surface area contributed by atoms with E-state index < -0.39 is 0 Å². The van der Waals surface area contributed by atoms with Crippen LogP contribution in [0.3, 0.4) is 0 Å². The number of piperidine rings is 1. The van der Waals surface area contributed by atoms with Gasteiger partial charge in [-0.2, -0.15) is 0 Å². The van der Waals surface area contributed by atoms with Gasteiger partial charge in [0.2, 0.25) is 0 Å². The molecule has 78 valence electrons. The molecule has 0 amide bonds. The second-order valence-electron chi connectivity index (χ2n) is 3.51. The molecular weight excluding hydrogens is 214 g/mol. The lowest BCUT2D eigenvalue weighted by atomic mass is 10.2. The molecule has 2 rings (SSSR count). The molecular formula is C9H15N3S2. The molecule has 1 aliphatic heterocycles. The zero-order valence-electron chi connectivity index (χ0n) is 8.25. The summed E-state index contributed by atoms with van der Waals surface area (Å²) in [5.41, 5.74) is 6.75. The minimum Gasteiger partial charge on any atom is -0.375 e. The number of nitrogens with two attached hydrogens (primary N) is 1. The van der Waals surface area contributed by atoms with Crippen LogP contribution in [-0.2, 0) is 0 Å². The van der Waals surface area contributed by atoms with Crippen LogP contribution in [0.5, 0.6) is 0 Å². The van der Waals surface area contributed by atoms with Gasteiger partial charge in [0.25, 0.3) is 0 Å². The maximum absolute atomic E-state index is 5.66. The van der Waals surface area contributed by atoms with Crippen LogP contribution in [0.4, 0.5) is 5.13 Å². The largest absolute Gasteiger partial charge is 0.375 e. The zero-order valence-corrected chi connectivity index (χ0v) is 9.88. The number of aromatic nitrogens is 1. The molecule has 5 heteroatoms. The predicted molar refractivity (Wildman–Crippen MR) is 63.0 cm³/mol. The molecule has 0 radical (unpaired) electrons. The first-order valence-electron chi connectivity index (χ1n) is 4.86. The number of thiazole rings is 1. The molecule has 1 aromatic rings. The average Bonchev–Trinajstić information content (AvgIpc) is 2.47. The molecule has 0 spiro atoms. The van der Waals surface area contributed by atoms with Crippen LogP contribution in [0.25, 0.3) is 0 Å². The van der Waals surface area contributed by atoms with E-state index in [0.717, 1.165) is 12.2 Å². The lowest BCUT2D eigenvalue weighted by molar-refractivity contribution is 0.531. The lowest BCUT2D eigenvalue weighted by Crippen LogP contribution is -2.31. The van der Waals surface area contributed by atoms with Gasteiger partial charge in [-0.25, -0.2) is 4.98 Å². The molecule has 1 aromatic heterocycles. The quantitative estimate of drug-likeness (QED) is 0.813. The molecule has 0 aliphatic carbocycles. The summed E-state index contributed by atoms with van der Waals surface area (Å²) in [6, 6.07) is 0. The van der Waals surface area contributed by atoms with Crippen molar-refractivity contribution < 1.29 is 0 Å². The van der Waals surface area contributed by atoms with E-state index in [1.807, 2.05) is 18.7 Å². The normalized spacial score (nSPS) is 22.5. The van der Waals surface area contributed by atoms with Gasteiger partial charge in [0.15, 0.2) is 5.13 Å². The number of hydrogen-bond acceptors (Lipinski definition) is 5. The number of thioether (sulfide) groups is 1. The highest BCUT2D eigenvalue weighted by Crippen LogP contribution is 2.35. The first-order chi connectivity index (χ1) is 6.75. The monoisotopic (exact) mass is 229 g/mol. The van der Waals surface area contributed by atoms with Crippen LogP contribution in [-0.4, -0.2) is 23.3 Å². The Labute approximate surface area is 92.5 Å². The van der Waals surface area contributed by atoms with Crippen LogP contribution in [0, 0.1) is 6.92 Å². The van der Waals surface area contributed by atoms with Crippen LogP contribution >= 0.6 is 23.1 Å². The number of nitrogen functional groups attached to an aromatic ring is 1. The Morgan fingerprint density at radius 1 is 1.64 bits per heavy atom. The van der Waals surface area contributed by atoms with Crippen LogP contribution in [0.2, 0.25) is 0 Å². The maximum Gasteiger partial charge on any atom is 0.181 e. The molecule has 1 atom stereocenters. The van der Waals surface area contributed by atoms with Crippen molar-refractivity contribution in [1.29, 1.82) is 0 Å². The molecule has 1 aliphatic rings. The topological polar surface area (TPSA) is 50.9 Å². The van der Waals surface area contributed by atoms with Crippen molar-refractivity contribution >= 4 is 28.2 Å². The fraction of sp³-hybridized carbons (Fsp3) is 0.667. The molecule has 1 saturated heterocycles. The Balaban J connectivity index is 1.98. The fourth-order valence-electron chi connectivity index (χ4n) is 1.58. The number of hydrogen-bond donors (Lipinski definition) is 2. The third-order valence-electron chi connectivity index (χ3n) is 2.30. The standard InChI is InChI=1S/C9H15N3S2/c1-6-8(14-9(10)12-6)13-7-3-2-4-11-5-7/h7,11H,2-5H2,1H3,(H2,10,12). The minimum absolute atomic E-state index is 0.689. The van der Waals surface area contributed by atoms with E-state index in [2.05, 4.69) is 10.3 Å². The SMILES string of the molecule is Cc1nc(N)sc1SC1CCCNC1. The van der Waals surface area contributed by atoms with Gasteiger partial charge in [0.1, 0.15) is 0 Å². The van der Waals surface area contributed by atoms with Crippen LogP contribution in [0.15, 0.2) is 4.21 Å². The van der Waals surface area contributed by atoms with Crippen molar-refractivity contribution in [3.63, 3.8) is 0 Å². The summed E-state index contributed by atoms with van der Waals surface area (Å²) in [4.78, 5) is 4.23. The van der Waals surface area contributed by atoms with Gasteiger partial charge in [-0.15, -0.1) is 11.8 Å². The molecule has 14 heavy (non-hydrogen) atoms. The van der Waals surface area contributed by atoms with Crippen molar-refractivity contribution in [1.82, 2.24) is 10.3 Å². The lowest BCUT2D eigenvalue weighted by Gasteiger charge is -2.21. The van der Waals surface area contributed by atoms with Gasteiger partial charge < -0.3 is 11.1 Å². The summed E-state index contributed by atoms with van der Waals surface area (Å²) < 4.78 is 1.29. The highest BCUT2D eigenvalue weighted by molar-refractivity contribution is 8.01. The third kappa shape index (κ3) is 2.40. The van der Waals surface area contributed by atoms with Crippen molar-refractivity contribution in [2.24, 2.45) is 0 Å². The summed E-state index contributed by atoms with van der Waals surface area (Å²) in [5, 5.41) is 4.80. The van der Waals surface area contributed by atoms with E-state index in [4.69, 9.17) is 5.73 Å². The molecule has 2 heterocycles. The second kappa shape index (κ2) is 4.51. The van der Waals surface area contributed by atoms with Crippen molar-refractivity contribution in [2.45, 2.75) is 29.2 Å². The number of aryl methyl sites for hydroxylation is 1. The molecule has 1 unspecified atom stereocenters. The Bertz CT molecular complexity index is 305. The van der Waals surface area contributed by atoms with E-state index in [1.54, 1.807) is 11.3 Å². The molecule has 3 N–H and O–H groups in total. The first-order valence-corrected chi connectivity index (χ1v) is 6.55. The van der Waals surface area contributed by atoms with Gasteiger partial charge in [0, 0.05) is 11.8 Å². The van der Waals surface area contributed by atoms with Gasteiger partial charge in [-0.05, 0) is 26.3 Å².